The second-order valence-corrected chi connectivity index (χ2v) is 6.46. The van der Waals surface area contributed by atoms with Gasteiger partial charge in [-0.05, 0) is 44.3 Å². The summed E-state index contributed by atoms with van der Waals surface area (Å²) in [7, 11) is 1.67. The number of piperidine rings is 1. The van der Waals surface area contributed by atoms with Gasteiger partial charge < -0.3 is 20.1 Å². The van der Waals surface area contributed by atoms with Gasteiger partial charge in [0, 0.05) is 20.3 Å². The monoisotopic (exact) mass is 370 g/mol. The molecular weight excluding hydrogens is 340 g/mol. The molecule has 0 radical (unpaired) electrons. The maximum absolute atomic E-state index is 12.5. The second kappa shape index (κ2) is 12.3. The minimum absolute atomic E-state index is 0. The van der Waals surface area contributed by atoms with Crippen molar-refractivity contribution in [2.75, 3.05) is 40.0 Å². The van der Waals surface area contributed by atoms with Gasteiger partial charge in [-0.2, -0.15) is 0 Å². The molecule has 1 aliphatic heterocycles. The minimum atomic E-state index is -0.357. The van der Waals surface area contributed by atoms with E-state index in [0.29, 0.717) is 19.8 Å². The molecule has 6 heteroatoms. The maximum atomic E-state index is 12.5. The smallest absolute Gasteiger partial charge is 0.228 e. The van der Waals surface area contributed by atoms with E-state index >= 15 is 0 Å². The van der Waals surface area contributed by atoms with Crippen LogP contribution in [0.2, 0.25) is 0 Å². The van der Waals surface area contributed by atoms with Gasteiger partial charge in [-0.1, -0.05) is 30.3 Å². The normalized spacial score (nSPS) is 16.0. The van der Waals surface area contributed by atoms with Crippen molar-refractivity contribution in [3.8, 4) is 0 Å². The number of carbonyl (C=O) groups excluding carboxylic acids is 1. The summed E-state index contributed by atoms with van der Waals surface area (Å²) in [5, 5.41) is 6.39. The molecule has 1 aliphatic rings. The van der Waals surface area contributed by atoms with Gasteiger partial charge in [0.15, 0.2) is 0 Å². The summed E-state index contributed by atoms with van der Waals surface area (Å²) in [6.45, 7) is 4.33. The fourth-order valence-corrected chi connectivity index (χ4v) is 3.10. The SMILES string of the molecule is COCC1(C(=O)NCCCCOCc2ccccc2)CCNCC1.Cl. The minimum Gasteiger partial charge on any atom is -0.384 e. The van der Waals surface area contributed by atoms with Crippen LogP contribution in [0, 0.1) is 5.41 Å². The summed E-state index contributed by atoms with van der Waals surface area (Å²) < 4.78 is 11.0. The van der Waals surface area contributed by atoms with E-state index in [2.05, 4.69) is 22.8 Å². The number of amides is 1. The maximum Gasteiger partial charge on any atom is 0.228 e. The quantitative estimate of drug-likeness (QED) is 0.621. The molecule has 0 atom stereocenters. The zero-order chi connectivity index (χ0) is 17.1. The zero-order valence-electron chi connectivity index (χ0n) is 15.1. The van der Waals surface area contributed by atoms with Crippen molar-refractivity contribution in [2.45, 2.75) is 32.3 Å². The number of hydrogen-bond donors (Lipinski definition) is 2. The van der Waals surface area contributed by atoms with Crippen LogP contribution < -0.4 is 10.6 Å². The molecular formula is C19H31ClN2O3. The molecule has 1 aromatic carbocycles. The van der Waals surface area contributed by atoms with E-state index in [9.17, 15) is 4.79 Å². The standard InChI is InChI=1S/C19H30N2O3.ClH/c1-23-16-19(9-12-20-13-10-19)18(22)21-11-5-6-14-24-15-17-7-3-2-4-8-17;/h2-4,7-8,20H,5-6,9-16H2,1H3,(H,21,22);1H. The van der Waals surface area contributed by atoms with Crippen molar-refractivity contribution in [3.05, 3.63) is 35.9 Å². The van der Waals surface area contributed by atoms with Crippen molar-refractivity contribution in [3.63, 3.8) is 0 Å². The van der Waals surface area contributed by atoms with Crippen molar-refractivity contribution in [1.29, 1.82) is 0 Å². The predicted octanol–water partition coefficient (Wildman–Crippen LogP) is 2.54. The molecule has 1 aromatic rings. The molecule has 2 N–H and O–H groups in total. The fraction of sp³-hybridized carbons (Fsp3) is 0.632. The molecule has 1 fully saturated rings. The van der Waals surface area contributed by atoms with E-state index in [0.717, 1.165) is 45.4 Å². The Kier molecular flexibility index (Phi) is 10.7. The van der Waals surface area contributed by atoms with Gasteiger partial charge in [0.2, 0.25) is 5.91 Å². The van der Waals surface area contributed by atoms with Gasteiger partial charge in [0.25, 0.3) is 0 Å². The van der Waals surface area contributed by atoms with E-state index < -0.39 is 0 Å². The van der Waals surface area contributed by atoms with E-state index in [1.54, 1.807) is 7.11 Å². The largest absolute Gasteiger partial charge is 0.384 e. The third kappa shape index (κ3) is 7.32. The molecule has 0 unspecified atom stereocenters. The van der Waals surface area contributed by atoms with Crippen molar-refractivity contribution in [1.82, 2.24) is 10.6 Å². The molecule has 1 amide bonds. The molecule has 0 saturated carbocycles. The highest BCUT2D eigenvalue weighted by atomic mass is 35.5. The van der Waals surface area contributed by atoms with E-state index in [1.165, 1.54) is 5.56 Å². The van der Waals surface area contributed by atoms with Crippen LogP contribution in [0.25, 0.3) is 0 Å². The number of unbranched alkanes of at least 4 members (excludes halogenated alkanes) is 1. The van der Waals surface area contributed by atoms with Crippen molar-refractivity contribution in [2.24, 2.45) is 5.41 Å². The van der Waals surface area contributed by atoms with Crippen LogP contribution >= 0.6 is 12.4 Å². The average Bonchev–Trinajstić information content (AvgIpc) is 2.62. The van der Waals surface area contributed by atoms with Crippen molar-refractivity contribution >= 4 is 18.3 Å². The molecule has 25 heavy (non-hydrogen) atoms. The van der Waals surface area contributed by atoms with Crippen LogP contribution in [0.1, 0.15) is 31.2 Å². The number of benzene rings is 1. The number of rotatable bonds is 10. The molecule has 0 bridgehead atoms. The summed E-state index contributed by atoms with van der Waals surface area (Å²) in [4.78, 5) is 12.5. The average molecular weight is 371 g/mol. The number of methoxy groups -OCH3 is 1. The number of ether oxygens (including phenoxy) is 2. The van der Waals surface area contributed by atoms with Crippen LogP contribution in [-0.2, 0) is 20.9 Å². The Morgan fingerprint density at radius 1 is 1.20 bits per heavy atom. The summed E-state index contributed by atoms with van der Waals surface area (Å²) in [6, 6.07) is 10.2. The van der Waals surface area contributed by atoms with Gasteiger partial charge in [0.05, 0.1) is 18.6 Å². The second-order valence-electron chi connectivity index (χ2n) is 6.46. The van der Waals surface area contributed by atoms with Gasteiger partial charge >= 0.3 is 0 Å². The molecule has 0 aromatic heterocycles. The van der Waals surface area contributed by atoms with Gasteiger partial charge in [0.1, 0.15) is 0 Å². The summed E-state index contributed by atoms with van der Waals surface area (Å²) >= 11 is 0. The first-order valence-corrected chi connectivity index (χ1v) is 8.86. The number of hydrogen-bond acceptors (Lipinski definition) is 4. The van der Waals surface area contributed by atoms with E-state index in [4.69, 9.17) is 9.47 Å². The van der Waals surface area contributed by atoms with Crippen LogP contribution in [-0.4, -0.2) is 45.9 Å². The van der Waals surface area contributed by atoms with E-state index in [-0.39, 0.29) is 23.7 Å². The highest BCUT2D eigenvalue weighted by Crippen LogP contribution is 2.29. The molecule has 0 spiro atoms. The predicted molar refractivity (Wildman–Crippen MR) is 102 cm³/mol. The Morgan fingerprint density at radius 2 is 1.92 bits per heavy atom. The van der Waals surface area contributed by atoms with Crippen molar-refractivity contribution < 1.29 is 14.3 Å². The lowest BCUT2D eigenvalue weighted by molar-refractivity contribution is -0.136. The van der Waals surface area contributed by atoms with Crippen LogP contribution in [0.4, 0.5) is 0 Å². The third-order valence-electron chi connectivity index (χ3n) is 4.58. The number of carbonyl (C=O) groups is 1. The Bertz CT molecular complexity index is 473. The van der Waals surface area contributed by atoms with E-state index in [1.807, 2.05) is 18.2 Å². The summed E-state index contributed by atoms with van der Waals surface area (Å²) in [5.74, 6) is 0.135. The Balaban J connectivity index is 0.00000312. The zero-order valence-corrected chi connectivity index (χ0v) is 15.9. The lowest BCUT2D eigenvalue weighted by Gasteiger charge is -2.35. The van der Waals surface area contributed by atoms with Crippen LogP contribution in [0.3, 0.4) is 0 Å². The first-order valence-electron chi connectivity index (χ1n) is 8.86. The van der Waals surface area contributed by atoms with Gasteiger partial charge in [-0.15, -0.1) is 12.4 Å². The number of nitrogens with one attached hydrogen (secondary N) is 2. The highest BCUT2D eigenvalue weighted by Gasteiger charge is 2.39. The molecule has 1 saturated heterocycles. The summed E-state index contributed by atoms with van der Waals surface area (Å²) in [6.07, 6.45) is 3.56. The van der Waals surface area contributed by atoms with Gasteiger partial charge in [-0.3, -0.25) is 4.79 Å². The first kappa shape index (κ1) is 21.9. The van der Waals surface area contributed by atoms with Crippen LogP contribution in [0.5, 0.6) is 0 Å². The van der Waals surface area contributed by atoms with Gasteiger partial charge in [-0.25, -0.2) is 0 Å². The lowest BCUT2D eigenvalue weighted by Crippen LogP contribution is -2.50. The lowest BCUT2D eigenvalue weighted by atomic mass is 9.78. The Hall–Kier alpha value is -1.14. The molecule has 0 aliphatic carbocycles. The molecule has 2 rings (SSSR count). The third-order valence-corrected chi connectivity index (χ3v) is 4.58. The summed E-state index contributed by atoms with van der Waals surface area (Å²) in [5.41, 5.74) is 0.835. The van der Waals surface area contributed by atoms with Crippen LogP contribution in [0.15, 0.2) is 30.3 Å². The highest BCUT2D eigenvalue weighted by molar-refractivity contribution is 5.85. The molecule has 5 nitrogen and oxygen atoms in total. The Labute approximate surface area is 157 Å². The Morgan fingerprint density at radius 3 is 2.60 bits per heavy atom. The fourth-order valence-electron chi connectivity index (χ4n) is 3.10. The number of halogens is 1. The molecule has 142 valence electrons. The molecule has 1 heterocycles. The topological polar surface area (TPSA) is 59.6 Å². The first-order chi connectivity index (χ1) is 11.8.